The third-order valence-corrected chi connectivity index (χ3v) is 4.88. The number of benzene rings is 2. The smallest absolute Gasteiger partial charge is 0.162 e. The van der Waals surface area contributed by atoms with Gasteiger partial charge in [0.1, 0.15) is 13.2 Å². The van der Waals surface area contributed by atoms with Crippen LogP contribution < -0.4 is 9.47 Å². The summed E-state index contributed by atoms with van der Waals surface area (Å²) < 4.78 is 38.3. The molecule has 1 aliphatic rings. The van der Waals surface area contributed by atoms with Crippen LogP contribution in [0.3, 0.4) is 0 Å². The molecule has 0 radical (unpaired) electrons. The SMILES string of the molecule is Fc1ccc(C(Br)c2cc3c(cc2Br)OCCO3)cc1F. The second-order valence-corrected chi connectivity index (χ2v) is 6.32. The van der Waals surface area contributed by atoms with Crippen molar-refractivity contribution in [3.63, 3.8) is 0 Å². The van der Waals surface area contributed by atoms with Crippen LogP contribution in [0.4, 0.5) is 8.78 Å². The van der Waals surface area contributed by atoms with Crippen molar-refractivity contribution in [2.45, 2.75) is 4.83 Å². The first-order chi connectivity index (χ1) is 10.1. The fraction of sp³-hybridized carbons (Fsp3) is 0.200. The van der Waals surface area contributed by atoms with Crippen molar-refractivity contribution >= 4 is 31.9 Å². The first kappa shape index (κ1) is 14.8. The molecule has 2 aromatic carbocycles. The van der Waals surface area contributed by atoms with E-state index in [0.717, 1.165) is 16.1 Å². The minimum Gasteiger partial charge on any atom is -0.486 e. The van der Waals surface area contributed by atoms with Gasteiger partial charge < -0.3 is 9.47 Å². The molecular formula is C15H10Br2F2O2. The zero-order valence-electron chi connectivity index (χ0n) is 10.7. The van der Waals surface area contributed by atoms with Gasteiger partial charge in [-0.25, -0.2) is 8.78 Å². The van der Waals surface area contributed by atoms with E-state index in [9.17, 15) is 8.78 Å². The molecule has 21 heavy (non-hydrogen) atoms. The molecule has 2 aromatic rings. The van der Waals surface area contributed by atoms with Gasteiger partial charge in [-0.2, -0.15) is 0 Å². The van der Waals surface area contributed by atoms with Gasteiger partial charge in [0.05, 0.1) is 4.83 Å². The lowest BCUT2D eigenvalue weighted by Gasteiger charge is -2.21. The number of rotatable bonds is 2. The Balaban J connectivity index is 2.00. The van der Waals surface area contributed by atoms with E-state index in [-0.39, 0.29) is 4.83 Å². The molecule has 6 heteroatoms. The fourth-order valence-electron chi connectivity index (χ4n) is 2.12. The first-order valence-corrected chi connectivity index (χ1v) is 7.95. The molecule has 0 amide bonds. The summed E-state index contributed by atoms with van der Waals surface area (Å²) in [6.07, 6.45) is 0. The third kappa shape index (κ3) is 2.92. The average molecular weight is 420 g/mol. The second-order valence-electron chi connectivity index (χ2n) is 4.55. The van der Waals surface area contributed by atoms with Gasteiger partial charge in [0, 0.05) is 4.47 Å². The normalized spacial score (nSPS) is 14.9. The minimum absolute atomic E-state index is 0.294. The molecule has 110 valence electrons. The Morgan fingerprint density at radius 3 is 2.29 bits per heavy atom. The number of hydrogen-bond acceptors (Lipinski definition) is 2. The lowest BCUT2D eigenvalue weighted by molar-refractivity contribution is 0.171. The monoisotopic (exact) mass is 418 g/mol. The molecule has 0 aromatic heterocycles. The Kier molecular flexibility index (Phi) is 4.17. The average Bonchev–Trinajstić information content (AvgIpc) is 2.48. The molecule has 1 aliphatic heterocycles. The summed E-state index contributed by atoms with van der Waals surface area (Å²) in [6, 6.07) is 7.49. The van der Waals surface area contributed by atoms with E-state index in [0.29, 0.717) is 30.3 Å². The van der Waals surface area contributed by atoms with E-state index in [1.54, 1.807) is 6.07 Å². The predicted molar refractivity (Wildman–Crippen MR) is 82.3 cm³/mol. The third-order valence-electron chi connectivity index (χ3n) is 3.17. The maximum atomic E-state index is 13.4. The van der Waals surface area contributed by atoms with Gasteiger partial charge in [0.2, 0.25) is 0 Å². The van der Waals surface area contributed by atoms with Crippen molar-refractivity contribution in [3.05, 3.63) is 57.6 Å². The molecule has 1 atom stereocenters. The summed E-state index contributed by atoms with van der Waals surface area (Å²) in [5.41, 5.74) is 1.47. The summed E-state index contributed by atoms with van der Waals surface area (Å²) in [6.45, 7) is 1.01. The van der Waals surface area contributed by atoms with E-state index in [1.165, 1.54) is 6.07 Å². The number of alkyl halides is 1. The van der Waals surface area contributed by atoms with Crippen molar-refractivity contribution in [2.24, 2.45) is 0 Å². The molecule has 2 nitrogen and oxygen atoms in total. The summed E-state index contributed by atoms with van der Waals surface area (Å²) in [7, 11) is 0. The van der Waals surface area contributed by atoms with Crippen molar-refractivity contribution in [3.8, 4) is 11.5 Å². The predicted octanol–water partition coefficient (Wildman–Crippen LogP) is 4.98. The molecule has 0 N–H and O–H groups in total. The van der Waals surface area contributed by atoms with Crippen LogP contribution in [0.5, 0.6) is 11.5 Å². The summed E-state index contributed by atoms with van der Waals surface area (Å²) >= 11 is 6.99. The van der Waals surface area contributed by atoms with Crippen molar-refractivity contribution in [1.82, 2.24) is 0 Å². The molecule has 0 bridgehead atoms. The van der Waals surface area contributed by atoms with E-state index in [2.05, 4.69) is 31.9 Å². The minimum atomic E-state index is -0.870. The zero-order chi connectivity index (χ0) is 15.0. The highest BCUT2D eigenvalue weighted by Gasteiger charge is 2.20. The summed E-state index contributed by atoms with van der Waals surface area (Å²) in [5, 5.41) is 0. The summed E-state index contributed by atoms with van der Waals surface area (Å²) in [5.74, 6) is -0.418. The van der Waals surface area contributed by atoms with E-state index in [1.807, 2.05) is 12.1 Å². The second kappa shape index (κ2) is 5.93. The molecule has 0 saturated carbocycles. The van der Waals surface area contributed by atoms with E-state index in [4.69, 9.17) is 9.47 Å². The van der Waals surface area contributed by atoms with Crippen LogP contribution >= 0.6 is 31.9 Å². The van der Waals surface area contributed by atoms with Crippen molar-refractivity contribution in [1.29, 1.82) is 0 Å². The Hall–Kier alpha value is -1.14. The van der Waals surface area contributed by atoms with Crippen LogP contribution in [0.25, 0.3) is 0 Å². The maximum Gasteiger partial charge on any atom is 0.162 e. The largest absolute Gasteiger partial charge is 0.486 e. The van der Waals surface area contributed by atoms with Crippen molar-refractivity contribution < 1.29 is 18.3 Å². The fourth-order valence-corrected chi connectivity index (χ4v) is 3.65. The number of ether oxygens (including phenoxy) is 2. The molecule has 3 rings (SSSR count). The van der Waals surface area contributed by atoms with Gasteiger partial charge in [-0.1, -0.05) is 37.9 Å². The highest BCUT2D eigenvalue weighted by molar-refractivity contribution is 9.11. The Labute approximate surface area is 137 Å². The Bertz CT molecular complexity index is 692. The molecule has 1 unspecified atom stereocenters. The van der Waals surface area contributed by atoms with Crippen LogP contribution in [0, 0.1) is 11.6 Å². The van der Waals surface area contributed by atoms with E-state index < -0.39 is 11.6 Å². The Morgan fingerprint density at radius 2 is 1.62 bits per heavy atom. The lowest BCUT2D eigenvalue weighted by Crippen LogP contribution is -2.15. The van der Waals surface area contributed by atoms with E-state index >= 15 is 0 Å². The van der Waals surface area contributed by atoms with Crippen LogP contribution in [0.1, 0.15) is 16.0 Å². The topological polar surface area (TPSA) is 18.5 Å². The molecule has 0 fully saturated rings. The zero-order valence-corrected chi connectivity index (χ0v) is 13.9. The standard InChI is InChI=1S/C15H10Br2F2O2/c16-10-7-14-13(20-3-4-21-14)6-9(10)15(17)8-1-2-11(18)12(19)5-8/h1-2,5-7,15H,3-4H2. The maximum absolute atomic E-state index is 13.4. The van der Waals surface area contributed by atoms with Crippen molar-refractivity contribution in [2.75, 3.05) is 13.2 Å². The number of fused-ring (bicyclic) bond motifs is 1. The molecule has 1 heterocycles. The van der Waals surface area contributed by atoms with Crippen LogP contribution in [0.15, 0.2) is 34.8 Å². The lowest BCUT2D eigenvalue weighted by atomic mass is 10.0. The molecule has 0 saturated heterocycles. The highest BCUT2D eigenvalue weighted by atomic mass is 79.9. The van der Waals surface area contributed by atoms with Crippen LogP contribution in [-0.2, 0) is 0 Å². The van der Waals surface area contributed by atoms with Gasteiger partial charge >= 0.3 is 0 Å². The van der Waals surface area contributed by atoms with Gasteiger partial charge in [0.15, 0.2) is 23.1 Å². The van der Waals surface area contributed by atoms with Gasteiger partial charge in [0.25, 0.3) is 0 Å². The van der Waals surface area contributed by atoms with Crippen LogP contribution in [-0.4, -0.2) is 13.2 Å². The first-order valence-electron chi connectivity index (χ1n) is 6.24. The highest BCUT2D eigenvalue weighted by Crippen LogP contribution is 2.42. The number of hydrogen-bond donors (Lipinski definition) is 0. The van der Waals surface area contributed by atoms with Gasteiger partial charge in [-0.3, -0.25) is 0 Å². The quantitative estimate of drug-likeness (QED) is 0.639. The Morgan fingerprint density at radius 1 is 0.952 bits per heavy atom. The van der Waals surface area contributed by atoms with Crippen LogP contribution in [0.2, 0.25) is 0 Å². The molecular weight excluding hydrogens is 410 g/mol. The summed E-state index contributed by atoms with van der Waals surface area (Å²) in [4.78, 5) is -0.294. The van der Waals surface area contributed by atoms with Gasteiger partial charge in [-0.05, 0) is 35.4 Å². The molecule has 0 aliphatic carbocycles. The number of halogens is 4. The molecule has 0 spiro atoms. The van der Waals surface area contributed by atoms with Gasteiger partial charge in [-0.15, -0.1) is 0 Å².